The van der Waals surface area contributed by atoms with Crippen LogP contribution in [0.2, 0.25) is 0 Å². The molecule has 148 valence electrons. The number of benzene rings is 2. The normalized spacial score (nSPS) is 16.1. The largest absolute Gasteiger partial charge is 0.376 e. The van der Waals surface area contributed by atoms with Gasteiger partial charge in [0.1, 0.15) is 0 Å². The summed E-state index contributed by atoms with van der Waals surface area (Å²) >= 11 is 1.82. The Kier molecular flexibility index (Phi) is 6.62. The fourth-order valence-corrected chi connectivity index (χ4v) is 4.34. The highest BCUT2D eigenvalue weighted by Crippen LogP contribution is 2.37. The SMILES string of the molecule is CCNC(=O)c1ccc(C)c(NCC(=O)N2CCC(C)Sc3ccccc32)c1. The van der Waals surface area contributed by atoms with Crippen molar-refractivity contribution in [1.29, 1.82) is 0 Å². The molecule has 2 amide bonds. The first-order valence-electron chi connectivity index (χ1n) is 9.68. The molecule has 3 rings (SSSR count). The minimum absolute atomic E-state index is 0.0324. The molecule has 28 heavy (non-hydrogen) atoms. The van der Waals surface area contributed by atoms with E-state index in [1.165, 1.54) is 0 Å². The van der Waals surface area contributed by atoms with E-state index in [4.69, 9.17) is 0 Å². The fraction of sp³-hybridized carbons (Fsp3) is 0.364. The molecule has 0 saturated heterocycles. The van der Waals surface area contributed by atoms with E-state index in [9.17, 15) is 9.59 Å². The molecule has 6 heteroatoms. The third-order valence-corrected chi connectivity index (χ3v) is 6.05. The second-order valence-electron chi connectivity index (χ2n) is 6.97. The summed E-state index contributed by atoms with van der Waals surface area (Å²) in [6, 6.07) is 13.6. The quantitative estimate of drug-likeness (QED) is 0.798. The standard InChI is InChI=1S/C22H27N3O2S/c1-4-23-22(27)17-10-9-15(2)18(13-17)24-14-21(26)25-12-11-16(3)28-20-8-6-5-7-19(20)25/h5-10,13,16,24H,4,11-12,14H2,1-3H3,(H,23,27). The van der Waals surface area contributed by atoms with E-state index in [-0.39, 0.29) is 18.4 Å². The molecule has 0 spiro atoms. The summed E-state index contributed by atoms with van der Waals surface area (Å²) in [6.07, 6.45) is 0.955. The van der Waals surface area contributed by atoms with Gasteiger partial charge in [-0.15, -0.1) is 11.8 Å². The van der Waals surface area contributed by atoms with Gasteiger partial charge in [0.15, 0.2) is 0 Å². The van der Waals surface area contributed by atoms with Crippen LogP contribution in [-0.2, 0) is 4.79 Å². The summed E-state index contributed by atoms with van der Waals surface area (Å²) in [5.41, 5.74) is 3.38. The number of hydrogen-bond acceptors (Lipinski definition) is 4. The van der Waals surface area contributed by atoms with Gasteiger partial charge >= 0.3 is 0 Å². The lowest BCUT2D eigenvalue weighted by atomic mass is 10.1. The second kappa shape index (κ2) is 9.15. The van der Waals surface area contributed by atoms with Crippen LogP contribution in [0.15, 0.2) is 47.4 Å². The Labute approximate surface area is 170 Å². The highest BCUT2D eigenvalue weighted by atomic mass is 32.2. The smallest absolute Gasteiger partial charge is 0.251 e. The zero-order chi connectivity index (χ0) is 20.1. The number of nitrogens with one attached hydrogen (secondary N) is 2. The fourth-order valence-electron chi connectivity index (χ4n) is 3.23. The molecule has 1 heterocycles. The van der Waals surface area contributed by atoms with Gasteiger partial charge in [0.05, 0.1) is 12.2 Å². The van der Waals surface area contributed by atoms with Crippen LogP contribution in [0.3, 0.4) is 0 Å². The molecule has 5 nitrogen and oxygen atoms in total. The maximum Gasteiger partial charge on any atom is 0.251 e. The number of carbonyl (C=O) groups is 2. The topological polar surface area (TPSA) is 61.4 Å². The monoisotopic (exact) mass is 397 g/mol. The average molecular weight is 398 g/mol. The summed E-state index contributed by atoms with van der Waals surface area (Å²) in [7, 11) is 0. The molecular weight excluding hydrogens is 370 g/mol. The number of aryl methyl sites for hydroxylation is 1. The zero-order valence-corrected chi connectivity index (χ0v) is 17.4. The first-order chi connectivity index (χ1) is 13.5. The molecule has 0 radical (unpaired) electrons. The maximum atomic E-state index is 13.0. The Hall–Kier alpha value is -2.47. The molecule has 0 aromatic heterocycles. The van der Waals surface area contributed by atoms with E-state index in [2.05, 4.69) is 23.6 Å². The summed E-state index contributed by atoms with van der Waals surface area (Å²) in [4.78, 5) is 28.1. The average Bonchev–Trinajstić information content (AvgIpc) is 2.85. The van der Waals surface area contributed by atoms with Gasteiger partial charge in [0, 0.05) is 34.5 Å². The Morgan fingerprint density at radius 1 is 1.21 bits per heavy atom. The minimum Gasteiger partial charge on any atom is -0.376 e. The molecule has 0 fully saturated rings. The molecule has 2 N–H and O–H groups in total. The number of para-hydroxylation sites is 1. The van der Waals surface area contributed by atoms with Crippen molar-refractivity contribution in [2.45, 2.75) is 37.3 Å². The molecule has 1 unspecified atom stereocenters. The number of carbonyl (C=O) groups excluding carboxylic acids is 2. The maximum absolute atomic E-state index is 13.0. The molecule has 0 bridgehead atoms. The van der Waals surface area contributed by atoms with E-state index in [0.717, 1.165) is 28.3 Å². The van der Waals surface area contributed by atoms with Gasteiger partial charge in [0.2, 0.25) is 5.91 Å². The Balaban J connectivity index is 1.74. The number of fused-ring (bicyclic) bond motifs is 1. The van der Waals surface area contributed by atoms with Crippen LogP contribution >= 0.6 is 11.8 Å². The van der Waals surface area contributed by atoms with E-state index in [0.29, 0.717) is 23.9 Å². The predicted octanol–water partition coefficient (Wildman–Crippen LogP) is 4.07. The summed E-state index contributed by atoms with van der Waals surface area (Å²) in [5.74, 6) is -0.0747. The van der Waals surface area contributed by atoms with Crippen molar-refractivity contribution in [2.24, 2.45) is 0 Å². The van der Waals surface area contributed by atoms with Gasteiger partial charge in [-0.05, 0) is 50.1 Å². The van der Waals surface area contributed by atoms with Crippen molar-refractivity contribution in [3.63, 3.8) is 0 Å². The van der Waals surface area contributed by atoms with Crippen LogP contribution in [0, 0.1) is 6.92 Å². The van der Waals surface area contributed by atoms with Crippen LogP contribution < -0.4 is 15.5 Å². The van der Waals surface area contributed by atoms with Gasteiger partial charge < -0.3 is 15.5 Å². The predicted molar refractivity (Wildman–Crippen MR) is 116 cm³/mol. The first-order valence-corrected chi connectivity index (χ1v) is 10.6. The minimum atomic E-state index is -0.107. The van der Waals surface area contributed by atoms with E-state index in [1.54, 1.807) is 6.07 Å². The highest BCUT2D eigenvalue weighted by Gasteiger charge is 2.24. The molecule has 0 aliphatic carbocycles. The lowest BCUT2D eigenvalue weighted by molar-refractivity contribution is -0.117. The zero-order valence-electron chi connectivity index (χ0n) is 16.6. The number of hydrogen-bond donors (Lipinski definition) is 2. The highest BCUT2D eigenvalue weighted by molar-refractivity contribution is 8.00. The van der Waals surface area contributed by atoms with Gasteiger partial charge in [-0.1, -0.05) is 25.1 Å². The van der Waals surface area contributed by atoms with Gasteiger partial charge in [0.25, 0.3) is 5.91 Å². The van der Waals surface area contributed by atoms with E-state index in [1.807, 2.05) is 60.8 Å². The van der Waals surface area contributed by atoms with Gasteiger partial charge in [-0.2, -0.15) is 0 Å². The molecule has 1 atom stereocenters. The van der Waals surface area contributed by atoms with Crippen molar-refractivity contribution in [1.82, 2.24) is 5.32 Å². The first kappa shape index (κ1) is 20.3. The van der Waals surface area contributed by atoms with Crippen LogP contribution in [0.5, 0.6) is 0 Å². The molecule has 0 saturated carbocycles. The van der Waals surface area contributed by atoms with Crippen LogP contribution in [-0.4, -0.2) is 36.7 Å². The van der Waals surface area contributed by atoms with Crippen molar-refractivity contribution in [2.75, 3.05) is 29.9 Å². The van der Waals surface area contributed by atoms with Gasteiger partial charge in [-0.25, -0.2) is 0 Å². The van der Waals surface area contributed by atoms with Crippen molar-refractivity contribution >= 4 is 35.0 Å². The van der Waals surface area contributed by atoms with E-state index >= 15 is 0 Å². The van der Waals surface area contributed by atoms with Crippen LogP contribution in [0.25, 0.3) is 0 Å². The molecule has 2 aromatic carbocycles. The third-order valence-electron chi connectivity index (χ3n) is 4.81. The van der Waals surface area contributed by atoms with Crippen molar-refractivity contribution in [3.8, 4) is 0 Å². The summed E-state index contributed by atoms with van der Waals surface area (Å²) in [5, 5.41) is 6.51. The Morgan fingerprint density at radius 2 is 2.00 bits per heavy atom. The third kappa shape index (κ3) is 4.68. The van der Waals surface area contributed by atoms with E-state index < -0.39 is 0 Å². The van der Waals surface area contributed by atoms with Gasteiger partial charge in [-0.3, -0.25) is 9.59 Å². The van der Waals surface area contributed by atoms with Crippen molar-refractivity contribution in [3.05, 3.63) is 53.6 Å². The Bertz CT molecular complexity index is 869. The van der Waals surface area contributed by atoms with Crippen LogP contribution in [0.1, 0.15) is 36.2 Å². The van der Waals surface area contributed by atoms with Crippen LogP contribution in [0.4, 0.5) is 11.4 Å². The Morgan fingerprint density at radius 3 is 2.79 bits per heavy atom. The summed E-state index contributed by atoms with van der Waals surface area (Å²) < 4.78 is 0. The van der Waals surface area contributed by atoms with Crippen molar-refractivity contribution < 1.29 is 9.59 Å². The number of nitrogens with zero attached hydrogens (tertiary/aromatic N) is 1. The molecular formula is C22H27N3O2S. The second-order valence-corrected chi connectivity index (χ2v) is 8.45. The molecule has 1 aliphatic rings. The number of amides is 2. The number of thioether (sulfide) groups is 1. The molecule has 2 aromatic rings. The lowest BCUT2D eigenvalue weighted by Crippen LogP contribution is -2.36. The number of anilines is 2. The molecule has 1 aliphatic heterocycles. The number of rotatable bonds is 5. The summed E-state index contributed by atoms with van der Waals surface area (Å²) in [6.45, 7) is 7.54. The lowest BCUT2D eigenvalue weighted by Gasteiger charge is -2.23.